The minimum atomic E-state index is -2.87. The molecule has 2 amide bonds. The zero-order valence-corrected chi connectivity index (χ0v) is 23.8. The Morgan fingerprint density at radius 3 is 2.16 bits per heavy atom. The average molecular weight is 609 g/mol. The lowest BCUT2D eigenvalue weighted by Gasteiger charge is -2.18. The van der Waals surface area contributed by atoms with Gasteiger partial charge in [-0.2, -0.15) is 5.10 Å². The van der Waals surface area contributed by atoms with Crippen molar-refractivity contribution in [3.63, 3.8) is 0 Å². The molecule has 4 aromatic rings. The first-order valence-electron chi connectivity index (χ1n) is 13.9. The number of nitrogens with one attached hydrogen (secondary N) is 2. The van der Waals surface area contributed by atoms with Gasteiger partial charge in [0, 0.05) is 24.2 Å². The third-order valence-electron chi connectivity index (χ3n) is 6.45. The van der Waals surface area contributed by atoms with Crippen molar-refractivity contribution in [2.75, 3.05) is 6.54 Å². The van der Waals surface area contributed by atoms with Gasteiger partial charge in [-0.1, -0.05) is 67.6 Å². The van der Waals surface area contributed by atoms with E-state index in [9.17, 15) is 27.6 Å². The first-order chi connectivity index (χ1) is 21.2. The number of aromatic nitrogens is 2. The van der Waals surface area contributed by atoms with E-state index in [0.717, 1.165) is 23.9 Å². The highest BCUT2D eigenvalue weighted by atomic mass is 19.3. The van der Waals surface area contributed by atoms with Crippen LogP contribution in [-0.2, 0) is 34.0 Å². The molecule has 0 saturated carbocycles. The van der Waals surface area contributed by atoms with E-state index >= 15 is 0 Å². The van der Waals surface area contributed by atoms with Gasteiger partial charge < -0.3 is 20.1 Å². The predicted octanol–water partition coefficient (Wildman–Crippen LogP) is 5.81. The minimum absolute atomic E-state index is 0.000550. The Bertz CT molecular complexity index is 1560. The van der Waals surface area contributed by atoms with Crippen LogP contribution in [0.25, 0.3) is 11.3 Å². The van der Waals surface area contributed by atoms with Crippen LogP contribution in [-0.4, -0.2) is 40.3 Å². The molecule has 3 aromatic carbocycles. The molecule has 0 aliphatic carbocycles. The molecular formula is C32H31F3N4O5. The molecule has 1 heterocycles. The zero-order valence-electron chi connectivity index (χ0n) is 23.8. The fraction of sp³-hybridized carbons (Fsp3) is 0.250. The maximum atomic E-state index is 14.7. The van der Waals surface area contributed by atoms with Gasteiger partial charge in [-0.3, -0.25) is 9.48 Å². The molecule has 0 aliphatic heterocycles. The van der Waals surface area contributed by atoms with Gasteiger partial charge in [0.2, 0.25) is 0 Å². The van der Waals surface area contributed by atoms with Gasteiger partial charge in [0.25, 0.3) is 12.3 Å². The lowest BCUT2D eigenvalue weighted by molar-refractivity contribution is -0.147. The van der Waals surface area contributed by atoms with Gasteiger partial charge in [-0.25, -0.2) is 22.8 Å². The number of hydrogen-bond acceptors (Lipinski definition) is 6. The third-order valence-corrected chi connectivity index (χ3v) is 6.45. The van der Waals surface area contributed by atoms with Crippen LogP contribution in [0.4, 0.5) is 18.0 Å². The number of aryl methyl sites for hydroxylation is 1. The fourth-order valence-corrected chi connectivity index (χ4v) is 4.34. The van der Waals surface area contributed by atoms with Crippen molar-refractivity contribution in [2.24, 2.45) is 0 Å². The molecule has 12 heteroatoms. The Hall–Kier alpha value is -5.13. The summed E-state index contributed by atoms with van der Waals surface area (Å²) in [4.78, 5) is 38.6. The number of hydrogen-bond donors (Lipinski definition) is 2. The number of carbonyl (C=O) groups is 3. The molecule has 230 valence electrons. The summed E-state index contributed by atoms with van der Waals surface area (Å²) in [6.45, 7) is 1.56. The number of rotatable bonds is 13. The van der Waals surface area contributed by atoms with E-state index in [1.165, 1.54) is 10.7 Å². The van der Waals surface area contributed by atoms with E-state index < -0.39 is 48.4 Å². The number of amides is 2. The van der Waals surface area contributed by atoms with Gasteiger partial charge in [-0.05, 0) is 35.7 Å². The maximum absolute atomic E-state index is 14.7. The van der Waals surface area contributed by atoms with Gasteiger partial charge in [0.15, 0.2) is 0 Å². The Balaban J connectivity index is 1.49. The van der Waals surface area contributed by atoms with Crippen LogP contribution in [0.2, 0.25) is 0 Å². The number of carbonyl (C=O) groups excluding carboxylic acids is 3. The van der Waals surface area contributed by atoms with Crippen molar-refractivity contribution in [1.29, 1.82) is 0 Å². The van der Waals surface area contributed by atoms with Crippen molar-refractivity contribution in [3.8, 4) is 11.3 Å². The molecule has 0 spiro atoms. The number of alkyl carbamates (subject to hydrolysis) is 1. The molecule has 4 rings (SSSR count). The van der Waals surface area contributed by atoms with E-state index in [0.29, 0.717) is 18.5 Å². The van der Waals surface area contributed by atoms with Crippen molar-refractivity contribution in [2.45, 2.75) is 45.6 Å². The summed E-state index contributed by atoms with van der Waals surface area (Å²) in [5, 5.41) is 8.88. The van der Waals surface area contributed by atoms with Crippen LogP contribution in [0.15, 0.2) is 85.1 Å². The second-order valence-corrected chi connectivity index (χ2v) is 9.76. The smallest absolute Gasteiger partial charge is 0.408 e. The normalized spacial score (nSPS) is 11.6. The quantitative estimate of drug-likeness (QED) is 0.186. The lowest BCUT2D eigenvalue weighted by atomic mass is 10.0. The summed E-state index contributed by atoms with van der Waals surface area (Å²) in [5.41, 5.74) is 0.880. The molecule has 0 aliphatic rings. The van der Waals surface area contributed by atoms with Crippen molar-refractivity contribution < 1.29 is 37.0 Å². The van der Waals surface area contributed by atoms with Crippen molar-refractivity contribution in [1.82, 2.24) is 20.4 Å². The molecule has 0 radical (unpaired) electrons. The second-order valence-electron chi connectivity index (χ2n) is 9.76. The van der Waals surface area contributed by atoms with E-state index in [4.69, 9.17) is 9.47 Å². The van der Waals surface area contributed by atoms with E-state index in [-0.39, 0.29) is 30.0 Å². The van der Waals surface area contributed by atoms with Crippen LogP contribution in [0.3, 0.4) is 0 Å². The minimum Gasteiger partial charge on any atom is -0.459 e. The molecule has 0 unspecified atom stereocenters. The predicted molar refractivity (Wildman–Crippen MR) is 155 cm³/mol. The highest BCUT2D eigenvalue weighted by Gasteiger charge is 2.26. The first-order valence-corrected chi connectivity index (χ1v) is 13.9. The molecular weight excluding hydrogens is 577 g/mol. The number of halogens is 3. The van der Waals surface area contributed by atoms with Crippen LogP contribution in [0.5, 0.6) is 0 Å². The number of ether oxygens (including phenoxy) is 2. The Morgan fingerprint density at radius 2 is 1.55 bits per heavy atom. The van der Waals surface area contributed by atoms with E-state index in [1.54, 1.807) is 54.6 Å². The summed E-state index contributed by atoms with van der Waals surface area (Å²) in [5.74, 6) is -2.50. The topological polar surface area (TPSA) is 112 Å². The average Bonchev–Trinajstić information content (AvgIpc) is 3.45. The number of esters is 1. The molecule has 1 atom stereocenters. The van der Waals surface area contributed by atoms with Crippen LogP contribution in [0.1, 0.15) is 46.8 Å². The maximum Gasteiger partial charge on any atom is 0.408 e. The molecule has 0 saturated heterocycles. The number of nitrogens with zero attached hydrogens (tertiary/aromatic N) is 2. The second kappa shape index (κ2) is 15.4. The Morgan fingerprint density at radius 1 is 0.909 bits per heavy atom. The largest absolute Gasteiger partial charge is 0.459 e. The fourth-order valence-electron chi connectivity index (χ4n) is 4.34. The van der Waals surface area contributed by atoms with Gasteiger partial charge in [-0.15, -0.1) is 0 Å². The van der Waals surface area contributed by atoms with Gasteiger partial charge in [0.1, 0.15) is 25.1 Å². The summed E-state index contributed by atoms with van der Waals surface area (Å²) in [6, 6.07) is 19.6. The summed E-state index contributed by atoms with van der Waals surface area (Å²) < 4.78 is 54.0. The molecule has 1 aromatic heterocycles. The number of alkyl halides is 2. The van der Waals surface area contributed by atoms with Crippen molar-refractivity contribution >= 4 is 18.0 Å². The molecule has 0 fully saturated rings. The Labute approximate surface area is 252 Å². The SMILES string of the molecule is CCCn1ncc(C(F)F)c1-c1cc(F)cc(C(=O)NC[C@@H](NC(=O)OCc2ccccc2)C(=O)OCc2ccccc2)c1. The first kappa shape index (κ1) is 31.8. The monoisotopic (exact) mass is 608 g/mol. The molecule has 44 heavy (non-hydrogen) atoms. The molecule has 0 bridgehead atoms. The Kier molecular flexibility index (Phi) is 11.1. The van der Waals surface area contributed by atoms with Crippen molar-refractivity contribution in [3.05, 3.63) is 113 Å². The number of benzene rings is 3. The van der Waals surface area contributed by atoms with E-state index in [1.807, 2.05) is 13.0 Å². The van der Waals surface area contributed by atoms with Crippen LogP contribution < -0.4 is 10.6 Å². The van der Waals surface area contributed by atoms with Gasteiger partial charge in [0.05, 0.1) is 17.5 Å². The summed E-state index contributed by atoms with van der Waals surface area (Å²) in [7, 11) is 0. The standard InChI is InChI=1S/C32H31F3N4O5/c1-2-13-39-28(26(17-37-39)29(34)35)23-14-24(16-25(33)15-23)30(40)36-18-27(31(41)43-19-21-9-5-3-6-10-21)38-32(42)44-20-22-11-7-4-8-12-22/h3-12,14-17,27,29H,2,13,18-20H2,1H3,(H,36,40)(H,38,42)/t27-/m1/s1. The van der Waals surface area contributed by atoms with E-state index in [2.05, 4.69) is 15.7 Å². The summed E-state index contributed by atoms with van der Waals surface area (Å²) >= 11 is 0. The lowest BCUT2D eigenvalue weighted by Crippen LogP contribution is -2.49. The van der Waals surface area contributed by atoms with Crippen LogP contribution in [0, 0.1) is 5.82 Å². The zero-order chi connectivity index (χ0) is 31.5. The van der Waals surface area contributed by atoms with Crippen LogP contribution >= 0.6 is 0 Å². The summed E-state index contributed by atoms with van der Waals surface area (Å²) in [6.07, 6.45) is -2.19. The third kappa shape index (κ3) is 8.69. The molecule has 2 N–H and O–H groups in total. The molecule has 9 nitrogen and oxygen atoms in total. The van der Waals surface area contributed by atoms with Gasteiger partial charge >= 0.3 is 12.1 Å². The highest BCUT2D eigenvalue weighted by molar-refractivity contribution is 5.96. The highest BCUT2D eigenvalue weighted by Crippen LogP contribution is 2.32.